The number of likely N-dealkylation sites (tertiary alicyclic amines) is 1. The van der Waals surface area contributed by atoms with Crippen LogP contribution in [0.1, 0.15) is 6.92 Å². The normalized spacial score (nSPS) is 31.9. The lowest BCUT2D eigenvalue weighted by atomic mass is 10.3. The zero-order valence-corrected chi connectivity index (χ0v) is 7.80. The minimum absolute atomic E-state index is 0.262. The average molecular weight is 189 g/mol. The van der Waals surface area contributed by atoms with Gasteiger partial charge in [0.15, 0.2) is 0 Å². The number of hydrogen-bond donors (Lipinski definition) is 2. The molecule has 1 rings (SSSR count). The molecule has 0 bridgehead atoms. The molecule has 0 spiro atoms. The second-order valence-electron chi connectivity index (χ2n) is 3.31. The molecule has 1 aliphatic rings. The quantitative estimate of drug-likeness (QED) is 0.605. The Morgan fingerprint density at radius 3 is 2.62 bits per heavy atom. The number of hydrogen-bond acceptors (Lipinski definition) is 4. The number of aliphatic carboxylic acids is 1. The van der Waals surface area contributed by atoms with E-state index in [-0.39, 0.29) is 6.10 Å². The van der Waals surface area contributed by atoms with Gasteiger partial charge in [0.05, 0.1) is 12.2 Å². The van der Waals surface area contributed by atoms with Crippen LogP contribution in [-0.4, -0.2) is 59.5 Å². The fourth-order valence-electron chi connectivity index (χ4n) is 1.49. The number of carbonyl (C=O) groups is 1. The largest absolute Gasteiger partial charge is 0.480 e. The average Bonchev–Trinajstić information content (AvgIpc) is 2.45. The van der Waals surface area contributed by atoms with Crippen molar-refractivity contribution in [1.29, 1.82) is 0 Å². The zero-order valence-electron chi connectivity index (χ0n) is 7.80. The molecule has 0 aromatic heterocycles. The number of carboxylic acids is 1. The molecule has 2 N–H and O–H groups in total. The molecule has 0 aliphatic carbocycles. The molecule has 0 unspecified atom stereocenters. The van der Waals surface area contributed by atoms with E-state index in [9.17, 15) is 9.90 Å². The first kappa shape index (κ1) is 10.4. The highest BCUT2D eigenvalue weighted by Gasteiger charge is 2.35. The van der Waals surface area contributed by atoms with Gasteiger partial charge < -0.3 is 14.9 Å². The second kappa shape index (κ2) is 4.04. The Kier molecular flexibility index (Phi) is 3.24. The molecular formula is C8H15NO4. The molecular weight excluding hydrogens is 174 g/mol. The standard InChI is InChI=1S/C8H15NO4/c1-5(8(11)12)9-3-6(10)7(4-9)13-2/h5-7,10H,3-4H2,1-2H3,(H,11,12)/t5-,6+,7-/m1/s1. The van der Waals surface area contributed by atoms with Gasteiger partial charge in [-0.3, -0.25) is 9.69 Å². The van der Waals surface area contributed by atoms with Crippen molar-refractivity contribution < 1.29 is 19.7 Å². The van der Waals surface area contributed by atoms with E-state index in [1.54, 1.807) is 11.8 Å². The molecule has 1 heterocycles. The second-order valence-corrected chi connectivity index (χ2v) is 3.31. The zero-order chi connectivity index (χ0) is 10.0. The fourth-order valence-corrected chi connectivity index (χ4v) is 1.49. The molecule has 3 atom stereocenters. The van der Waals surface area contributed by atoms with E-state index in [2.05, 4.69) is 0 Å². The van der Waals surface area contributed by atoms with Crippen LogP contribution < -0.4 is 0 Å². The highest BCUT2D eigenvalue weighted by Crippen LogP contribution is 2.15. The molecule has 1 aliphatic heterocycles. The van der Waals surface area contributed by atoms with E-state index in [1.165, 1.54) is 7.11 Å². The Morgan fingerprint density at radius 1 is 1.62 bits per heavy atom. The third-order valence-electron chi connectivity index (χ3n) is 2.47. The van der Waals surface area contributed by atoms with E-state index in [1.807, 2.05) is 0 Å². The molecule has 0 amide bonds. The van der Waals surface area contributed by atoms with Crippen molar-refractivity contribution in [2.24, 2.45) is 0 Å². The topological polar surface area (TPSA) is 70.0 Å². The summed E-state index contributed by atoms with van der Waals surface area (Å²) >= 11 is 0. The van der Waals surface area contributed by atoms with Crippen LogP contribution in [0.25, 0.3) is 0 Å². The van der Waals surface area contributed by atoms with Crippen LogP contribution in [-0.2, 0) is 9.53 Å². The third kappa shape index (κ3) is 2.18. The van der Waals surface area contributed by atoms with Gasteiger partial charge in [-0.15, -0.1) is 0 Å². The summed E-state index contributed by atoms with van der Waals surface area (Å²) in [7, 11) is 1.52. The Labute approximate surface area is 76.9 Å². The van der Waals surface area contributed by atoms with Gasteiger partial charge in [-0.2, -0.15) is 0 Å². The lowest BCUT2D eigenvalue weighted by molar-refractivity contribution is -0.142. The summed E-state index contributed by atoms with van der Waals surface area (Å²) in [6, 6.07) is -0.560. The van der Waals surface area contributed by atoms with Crippen molar-refractivity contribution in [1.82, 2.24) is 4.90 Å². The van der Waals surface area contributed by atoms with Crippen LogP contribution in [0.4, 0.5) is 0 Å². The smallest absolute Gasteiger partial charge is 0.320 e. The molecule has 5 nitrogen and oxygen atoms in total. The third-order valence-corrected chi connectivity index (χ3v) is 2.47. The lowest BCUT2D eigenvalue weighted by Crippen LogP contribution is -2.38. The van der Waals surface area contributed by atoms with Crippen molar-refractivity contribution in [3.63, 3.8) is 0 Å². The minimum Gasteiger partial charge on any atom is -0.480 e. The van der Waals surface area contributed by atoms with Crippen LogP contribution in [0, 0.1) is 0 Å². The predicted molar refractivity (Wildman–Crippen MR) is 45.5 cm³/mol. The molecule has 0 saturated carbocycles. The van der Waals surface area contributed by atoms with Crippen LogP contribution in [0.5, 0.6) is 0 Å². The van der Waals surface area contributed by atoms with E-state index >= 15 is 0 Å². The van der Waals surface area contributed by atoms with Gasteiger partial charge in [0.2, 0.25) is 0 Å². The minimum atomic E-state index is -0.871. The molecule has 0 aromatic carbocycles. The highest BCUT2D eigenvalue weighted by molar-refractivity contribution is 5.72. The predicted octanol–water partition coefficient (Wildman–Crippen LogP) is -0.849. The van der Waals surface area contributed by atoms with E-state index in [4.69, 9.17) is 9.84 Å². The summed E-state index contributed by atoms with van der Waals surface area (Å²) in [5.41, 5.74) is 0. The summed E-state index contributed by atoms with van der Waals surface area (Å²) in [6.07, 6.45) is -0.839. The number of carboxylic acid groups (broad SMARTS) is 1. The molecule has 1 saturated heterocycles. The van der Waals surface area contributed by atoms with E-state index in [0.29, 0.717) is 13.1 Å². The number of ether oxygens (including phenoxy) is 1. The maximum atomic E-state index is 10.6. The first-order valence-electron chi connectivity index (χ1n) is 4.24. The first-order valence-corrected chi connectivity index (χ1v) is 4.24. The van der Waals surface area contributed by atoms with Crippen molar-refractivity contribution in [3.05, 3.63) is 0 Å². The molecule has 0 radical (unpaired) electrons. The summed E-state index contributed by atoms with van der Waals surface area (Å²) in [6.45, 7) is 2.45. The monoisotopic (exact) mass is 189 g/mol. The van der Waals surface area contributed by atoms with Crippen LogP contribution in [0.15, 0.2) is 0 Å². The number of aliphatic hydroxyl groups excluding tert-OH is 1. The number of β-amino-alcohol motifs (C(OH)–C–C–N with tert-alkyl or cyclic N) is 1. The molecule has 0 aromatic rings. The van der Waals surface area contributed by atoms with Crippen LogP contribution in [0.2, 0.25) is 0 Å². The lowest BCUT2D eigenvalue weighted by Gasteiger charge is -2.19. The van der Waals surface area contributed by atoms with Crippen molar-refractivity contribution in [3.8, 4) is 0 Å². The van der Waals surface area contributed by atoms with Gasteiger partial charge >= 0.3 is 5.97 Å². The molecule has 13 heavy (non-hydrogen) atoms. The van der Waals surface area contributed by atoms with Gasteiger partial charge in [0.1, 0.15) is 6.04 Å². The molecule has 1 fully saturated rings. The summed E-state index contributed by atoms with van der Waals surface area (Å²) < 4.78 is 5.00. The highest BCUT2D eigenvalue weighted by atomic mass is 16.5. The number of methoxy groups -OCH3 is 1. The van der Waals surface area contributed by atoms with Gasteiger partial charge in [0, 0.05) is 20.2 Å². The summed E-state index contributed by atoms with van der Waals surface area (Å²) in [5.74, 6) is -0.871. The maximum Gasteiger partial charge on any atom is 0.320 e. The van der Waals surface area contributed by atoms with Crippen molar-refractivity contribution >= 4 is 5.97 Å². The molecule has 76 valence electrons. The van der Waals surface area contributed by atoms with Gasteiger partial charge in [-0.05, 0) is 6.92 Å². The van der Waals surface area contributed by atoms with Gasteiger partial charge in [-0.25, -0.2) is 0 Å². The number of nitrogens with zero attached hydrogens (tertiary/aromatic N) is 1. The summed E-state index contributed by atoms with van der Waals surface area (Å²) in [4.78, 5) is 12.3. The Morgan fingerprint density at radius 2 is 2.23 bits per heavy atom. The number of rotatable bonds is 3. The SMILES string of the molecule is CO[C@@H]1CN([C@H](C)C(=O)O)C[C@@H]1O. The van der Waals surface area contributed by atoms with Crippen LogP contribution in [0.3, 0.4) is 0 Å². The first-order chi connectivity index (χ1) is 6.06. The van der Waals surface area contributed by atoms with Crippen LogP contribution >= 0.6 is 0 Å². The van der Waals surface area contributed by atoms with Crippen molar-refractivity contribution in [2.45, 2.75) is 25.2 Å². The number of aliphatic hydroxyl groups is 1. The van der Waals surface area contributed by atoms with Gasteiger partial charge in [-0.1, -0.05) is 0 Å². The summed E-state index contributed by atoms with van der Waals surface area (Å²) in [5, 5.41) is 18.2. The van der Waals surface area contributed by atoms with E-state index < -0.39 is 18.1 Å². The van der Waals surface area contributed by atoms with E-state index in [0.717, 1.165) is 0 Å². The van der Waals surface area contributed by atoms with Gasteiger partial charge in [0.25, 0.3) is 0 Å². The maximum absolute atomic E-state index is 10.6. The Hall–Kier alpha value is -0.650. The Balaban J connectivity index is 2.52. The van der Waals surface area contributed by atoms with Crippen molar-refractivity contribution in [2.75, 3.05) is 20.2 Å². The fraction of sp³-hybridized carbons (Fsp3) is 0.875. The molecule has 5 heteroatoms. The Bertz CT molecular complexity index is 197.